The lowest BCUT2D eigenvalue weighted by Gasteiger charge is -2.42. The molecule has 0 aliphatic carbocycles. The van der Waals surface area contributed by atoms with E-state index in [1.54, 1.807) is 6.07 Å². The van der Waals surface area contributed by atoms with Gasteiger partial charge in [-0.05, 0) is 34.1 Å². The number of carbonyl (C=O) groups is 1. The van der Waals surface area contributed by atoms with Crippen LogP contribution in [0, 0.1) is 0 Å². The highest BCUT2D eigenvalue weighted by Gasteiger charge is 2.45. The summed E-state index contributed by atoms with van der Waals surface area (Å²) in [4.78, 5) is 12.5. The van der Waals surface area contributed by atoms with Crippen molar-refractivity contribution in [3.8, 4) is 11.5 Å². The van der Waals surface area contributed by atoms with Gasteiger partial charge in [0.15, 0.2) is 6.61 Å². The number of methoxy groups -OCH3 is 1. The van der Waals surface area contributed by atoms with Crippen molar-refractivity contribution in [2.24, 2.45) is 0 Å². The fourth-order valence-electron chi connectivity index (χ4n) is 4.90. The summed E-state index contributed by atoms with van der Waals surface area (Å²) in [5.41, 5.74) is 1.05. The van der Waals surface area contributed by atoms with Crippen LogP contribution in [0.25, 0.3) is 10.8 Å². The molecule has 0 aromatic heterocycles. The normalized spacial score (nSPS) is 12.8. The number of rotatable bonds is 9. The summed E-state index contributed by atoms with van der Waals surface area (Å²) in [6.45, 7) is 11.2. The zero-order valence-electron chi connectivity index (χ0n) is 20.5. The van der Waals surface area contributed by atoms with Crippen LogP contribution in [0.4, 0.5) is 13.2 Å². The number of aromatic hydroxyl groups is 1. The lowest BCUT2D eigenvalue weighted by atomic mass is 9.98. The van der Waals surface area contributed by atoms with E-state index in [1.165, 1.54) is 19.2 Å². The molecule has 190 valence electrons. The number of phenols is 1. The minimum absolute atomic E-state index is 0.120. The third kappa shape index (κ3) is 5.63. The van der Waals surface area contributed by atoms with Gasteiger partial charge in [0, 0.05) is 10.9 Å². The molecule has 2 aromatic rings. The van der Waals surface area contributed by atoms with Gasteiger partial charge in [-0.15, -0.1) is 0 Å². The molecule has 0 atom stereocenters. The molecule has 0 spiro atoms. The fourth-order valence-corrected chi connectivity index (χ4v) is 10.6. The maximum Gasteiger partial charge on any atom is 0.422 e. The summed E-state index contributed by atoms with van der Waals surface area (Å²) in [5.74, 6) is -1.60. The molecule has 2 aromatic carbocycles. The number of ether oxygens (including phenoxy) is 2. The van der Waals surface area contributed by atoms with Crippen molar-refractivity contribution in [1.29, 1.82) is 0 Å². The molecule has 5 nitrogen and oxygen atoms in total. The zero-order valence-corrected chi connectivity index (χ0v) is 22.2. The number of esters is 1. The van der Waals surface area contributed by atoms with E-state index in [-0.39, 0.29) is 22.8 Å². The molecule has 0 aliphatic heterocycles. The molecule has 0 aliphatic rings. The predicted octanol–water partition coefficient (Wildman–Crippen LogP) is 7.62. The van der Waals surface area contributed by atoms with E-state index in [1.807, 2.05) is 0 Å². The number of fused-ring (bicyclic) bond motifs is 1. The molecule has 0 heterocycles. The van der Waals surface area contributed by atoms with Crippen LogP contribution in [0.2, 0.25) is 21.6 Å². The van der Waals surface area contributed by atoms with Crippen molar-refractivity contribution in [3.63, 3.8) is 0 Å². The van der Waals surface area contributed by atoms with Gasteiger partial charge in [-0.2, -0.15) is 13.2 Å². The number of alkyl halides is 3. The Morgan fingerprint density at radius 1 is 1.06 bits per heavy atom. The van der Waals surface area contributed by atoms with Gasteiger partial charge in [0.05, 0.1) is 18.7 Å². The molecule has 0 radical (unpaired) electrons. The Labute approximate surface area is 204 Å². The topological polar surface area (TPSA) is 65.0 Å². The third-order valence-electron chi connectivity index (χ3n) is 6.27. The van der Waals surface area contributed by atoms with Crippen molar-refractivity contribution in [2.75, 3.05) is 13.7 Å². The molecule has 0 saturated heterocycles. The van der Waals surface area contributed by atoms with Crippen LogP contribution >= 0.6 is 11.6 Å². The van der Waals surface area contributed by atoms with E-state index in [2.05, 4.69) is 46.3 Å². The summed E-state index contributed by atoms with van der Waals surface area (Å²) >= 11 is 6.63. The lowest BCUT2D eigenvalue weighted by Crippen LogP contribution is -2.47. The average Bonchev–Trinajstić information content (AvgIpc) is 2.72. The van der Waals surface area contributed by atoms with E-state index in [4.69, 9.17) is 20.8 Å². The molecule has 0 bridgehead atoms. The quantitative estimate of drug-likeness (QED) is 0.272. The first-order valence-electron chi connectivity index (χ1n) is 11.1. The molecular formula is C24H32ClF3O5Si. The van der Waals surface area contributed by atoms with Crippen LogP contribution < -0.4 is 4.74 Å². The van der Waals surface area contributed by atoms with Gasteiger partial charge in [-0.25, -0.2) is 4.79 Å². The Hall–Kier alpha value is -1.97. The van der Waals surface area contributed by atoms with Crippen LogP contribution in [0.5, 0.6) is 11.5 Å². The Morgan fingerprint density at radius 3 is 2.09 bits per heavy atom. The van der Waals surface area contributed by atoms with Crippen LogP contribution in [-0.2, 0) is 15.8 Å². The predicted molar refractivity (Wildman–Crippen MR) is 129 cm³/mol. The maximum atomic E-state index is 12.6. The number of phenolic OH excluding ortho intramolecular Hbond substituents is 1. The Morgan fingerprint density at radius 2 is 1.62 bits per heavy atom. The Balaban J connectivity index is 2.67. The first-order valence-corrected chi connectivity index (χ1v) is 13.6. The Bertz CT molecular complexity index is 1020. The average molecular weight is 521 g/mol. The van der Waals surface area contributed by atoms with Crippen LogP contribution in [0.1, 0.15) is 57.5 Å². The number of carbonyl (C=O) groups excluding carboxylic acids is 1. The second kappa shape index (κ2) is 10.7. The highest BCUT2D eigenvalue weighted by Crippen LogP contribution is 2.45. The van der Waals surface area contributed by atoms with Crippen molar-refractivity contribution in [2.45, 2.75) is 70.9 Å². The summed E-state index contributed by atoms with van der Waals surface area (Å²) in [6, 6.07) is 4.19. The number of benzene rings is 2. The second-order valence-corrected chi connectivity index (χ2v) is 15.1. The Kier molecular flexibility index (Phi) is 8.93. The summed E-state index contributed by atoms with van der Waals surface area (Å²) in [5, 5.41) is 11.2. The molecule has 2 rings (SSSR count). The minimum Gasteiger partial charge on any atom is -0.507 e. The molecule has 0 saturated carbocycles. The van der Waals surface area contributed by atoms with Gasteiger partial charge in [0.2, 0.25) is 8.32 Å². The van der Waals surface area contributed by atoms with E-state index in [0.717, 1.165) is 0 Å². The number of halogens is 4. The van der Waals surface area contributed by atoms with Crippen LogP contribution in [0.15, 0.2) is 18.2 Å². The SMILES string of the molecule is COc1cc2c(C(=O)OCC(F)(F)F)c(O)ccc2c(CO[Si](C(C)C)(C(C)C)C(C)C)c1Cl. The summed E-state index contributed by atoms with van der Waals surface area (Å²) in [6.07, 6.45) is -4.70. The van der Waals surface area contributed by atoms with E-state index in [0.29, 0.717) is 27.6 Å². The molecule has 10 heteroatoms. The molecule has 0 fully saturated rings. The highest BCUT2D eigenvalue weighted by atomic mass is 35.5. The van der Waals surface area contributed by atoms with Crippen molar-refractivity contribution in [3.05, 3.63) is 34.3 Å². The van der Waals surface area contributed by atoms with Gasteiger partial charge in [-0.1, -0.05) is 59.2 Å². The van der Waals surface area contributed by atoms with E-state index >= 15 is 0 Å². The van der Waals surface area contributed by atoms with Gasteiger partial charge in [-0.3, -0.25) is 0 Å². The van der Waals surface area contributed by atoms with Gasteiger partial charge in [0.1, 0.15) is 17.1 Å². The smallest absolute Gasteiger partial charge is 0.422 e. The molecule has 34 heavy (non-hydrogen) atoms. The molecule has 0 unspecified atom stereocenters. The lowest BCUT2D eigenvalue weighted by molar-refractivity contribution is -0.161. The van der Waals surface area contributed by atoms with Crippen LogP contribution in [0.3, 0.4) is 0 Å². The highest BCUT2D eigenvalue weighted by molar-refractivity contribution is 6.77. The summed E-state index contributed by atoms with van der Waals surface area (Å²) in [7, 11) is -0.907. The first kappa shape index (κ1) is 28.3. The largest absolute Gasteiger partial charge is 0.507 e. The second-order valence-electron chi connectivity index (χ2n) is 9.22. The van der Waals surface area contributed by atoms with Crippen LogP contribution in [-0.4, -0.2) is 39.3 Å². The monoisotopic (exact) mass is 520 g/mol. The van der Waals surface area contributed by atoms with Crippen molar-refractivity contribution in [1.82, 2.24) is 0 Å². The van der Waals surface area contributed by atoms with Gasteiger partial charge >= 0.3 is 12.1 Å². The summed E-state index contributed by atoms with van der Waals surface area (Å²) < 4.78 is 54.3. The maximum absolute atomic E-state index is 12.6. The zero-order chi connectivity index (χ0) is 26.0. The molecule has 0 amide bonds. The fraction of sp³-hybridized carbons (Fsp3) is 0.542. The van der Waals surface area contributed by atoms with Gasteiger partial charge < -0.3 is 19.0 Å². The first-order chi connectivity index (χ1) is 15.7. The third-order valence-corrected chi connectivity index (χ3v) is 12.7. The van der Waals surface area contributed by atoms with E-state index in [9.17, 15) is 23.1 Å². The molecular weight excluding hydrogens is 489 g/mol. The molecule has 1 N–H and O–H groups in total. The number of hydrogen-bond donors (Lipinski definition) is 1. The van der Waals surface area contributed by atoms with Crippen molar-refractivity contribution >= 4 is 36.7 Å². The van der Waals surface area contributed by atoms with E-state index < -0.39 is 38.4 Å². The van der Waals surface area contributed by atoms with Crippen molar-refractivity contribution < 1.29 is 37.0 Å². The standard InChI is InChI=1S/C24H32ClF3O5Si/c1-13(2)34(14(3)4,15(5)6)33-11-18-16-8-9-19(29)21(23(30)32-12-24(26,27)28)17(16)10-20(31-7)22(18)25/h8-10,13-15,29H,11-12H2,1-7H3. The van der Waals surface area contributed by atoms with Gasteiger partial charge in [0.25, 0.3) is 0 Å². The minimum atomic E-state index is -4.70. The number of hydrogen-bond acceptors (Lipinski definition) is 5.